The van der Waals surface area contributed by atoms with Gasteiger partial charge >= 0.3 is 8.72 Å². The summed E-state index contributed by atoms with van der Waals surface area (Å²) in [6.07, 6.45) is 10.6. The normalized spacial score (nSPS) is 24.4. The zero-order valence-corrected chi connectivity index (χ0v) is 11.6. The topological polar surface area (TPSA) is 30.5 Å². The first kappa shape index (κ1) is 12.6. The molecule has 0 unspecified atom stereocenters. The van der Waals surface area contributed by atoms with Crippen molar-refractivity contribution in [1.82, 2.24) is 4.98 Å². The Morgan fingerprint density at radius 3 is 1.88 bits per heavy atom. The molecule has 0 bridgehead atoms. The summed E-state index contributed by atoms with van der Waals surface area (Å²) in [5.41, 5.74) is 0.656. The van der Waals surface area contributed by atoms with Crippen LogP contribution in [0.1, 0.15) is 51.4 Å². The minimum absolute atomic E-state index is 0.646. The third-order valence-electron chi connectivity index (χ3n) is 4.26. The molecule has 16 heavy (non-hydrogen) atoms. The second-order valence-corrected chi connectivity index (χ2v) is 8.44. The van der Waals surface area contributed by atoms with Gasteiger partial charge in [-0.2, -0.15) is 0 Å². The van der Waals surface area contributed by atoms with E-state index in [1.807, 2.05) is 14.2 Å². The molecule has 0 aliphatic heterocycles. The average molecular weight is 243 g/mol. The summed E-state index contributed by atoms with van der Waals surface area (Å²) in [7, 11) is 1.53. The molecule has 0 atom stereocenters. The molecule has 4 heteroatoms. The zero-order valence-electron chi connectivity index (χ0n) is 10.6. The van der Waals surface area contributed by atoms with Crippen molar-refractivity contribution in [2.45, 2.75) is 62.9 Å². The Labute approximate surface area is 100 Å². The van der Waals surface area contributed by atoms with Crippen molar-refractivity contribution in [3.05, 3.63) is 0 Å². The molecular weight excluding hydrogens is 218 g/mol. The third kappa shape index (κ3) is 2.50. The van der Waals surface area contributed by atoms with Gasteiger partial charge in [0.15, 0.2) is 0 Å². The monoisotopic (exact) mass is 243 g/mol. The fraction of sp³-hybridized carbons (Fsp3) is 1.00. The second-order valence-electron chi connectivity index (χ2n) is 5.18. The molecule has 2 aliphatic rings. The van der Waals surface area contributed by atoms with E-state index in [9.17, 15) is 0 Å². The van der Waals surface area contributed by atoms with Gasteiger partial charge in [-0.1, -0.05) is 25.7 Å². The zero-order chi connectivity index (χ0) is 11.4. The van der Waals surface area contributed by atoms with Gasteiger partial charge in [-0.15, -0.1) is 0 Å². The Bertz CT molecular complexity index is 209. The predicted molar refractivity (Wildman–Crippen MR) is 67.4 cm³/mol. The summed E-state index contributed by atoms with van der Waals surface area (Å²) in [6, 6.07) is 0.646. The quantitative estimate of drug-likeness (QED) is 0.753. The molecular formula is C12H25NO2Si. The van der Waals surface area contributed by atoms with Crippen LogP contribution in [-0.4, -0.2) is 29.0 Å². The van der Waals surface area contributed by atoms with Crippen molar-refractivity contribution >= 4 is 8.72 Å². The van der Waals surface area contributed by atoms with Crippen molar-refractivity contribution in [2.75, 3.05) is 14.2 Å². The van der Waals surface area contributed by atoms with Gasteiger partial charge in [-0.25, -0.2) is 0 Å². The van der Waals surface area contributed by atoms with Gasteiger partial charge in [0.1, 0.15) is 0 Å². The molecule has 94 valence electrons. The Hall–Kier alpha value is 0.0969. The fourth-order valence-electron chi connectivity index (χ4n) is 3.31. The van der Waals surface area contributed by atoms with Crippen molar-refractivity contribution in [1.29, 1.82) is 0 Å². The van der Waals surface area contributed by atoms with E-state index in [1.54, 1.807) is 0 Å². The van der Waals surface area contributed by atoms with Gasteiger partial charge in [0.25, 0.3) is 0 Å². The lowest BCUT2D eigenvalue weighted by atomic mass is 10.3. The highest BCUT2D eigenvalue weighted by molar-refractivity contribution is 6.66. The molecule has 0 amide bonds. The SMILES string of the molecule is CO[Si](NC1CCCC1)(OC)C1CCCC1. The minimum atomic E-state index is -2.13. The molecule has 0 heterocycles. The van der Waals surface area contributed by atoms with Crippen LogP contribution in [0.5, 0.6) is 0 Å². The van der Waals surface area contributed by atoms with Crippen molar-refractivity contribution in [3.8, 4) is 0 Å². The van der Waals surface area contributed by atoms with Crippen LogP contribution in [-0.2, 0) is 8.85 Å². The van der Waals surface area contributed by atoms with E-state index in [4.69, 9.17) is 8.85 Å². The molecule has 2 fully saturated rings. The van der Waals surface area contributed by atoms with E-state index in [2.05, 4.69) is 4.98 Å². The Morgan fingerprint density at radius 2 is 1.38 bits per heavy atom. The van der Waals surface area contributed by atoms with E-state index in [1.165, 1.54) is 51.4 Å². The lowest BCUT2D eigenvalue weighted by Crippen LogP contribution is -2.61. The summed E-state index contributed by atoms with van der Waals surface area (Å²) in [5, 5.41) is 0. The largest absolute Gasteiger partial charge is 0.427 e. The molecule has 0 aromatic rings. The van der Waals surface area contributed by atoms with E-state index >= 15 is 0 Å². The maximum absolute atomic E-state index is 5.84. The molecule has 0 aromatic heterocycles. The molecule has 2 saturated carbocycles. The summed E-state index contributed by atoms with van der Waals surface area (Å²) in [4.78, 5) is 3.77. The summed E-state index contributed by atoms with van der Waals surface area (Å²) in [5.74, 6) is 0. The van der Waals surface area contributed by atoms with Crippen LogP contribution in [0.15, 0.2) is 0 Å². The van der Waals surface area contributed by atoms with Crippen LogP contribution in [0, 0.1) is 0 Å². The molecule has 1 N–H and O–H groups in total. The summed E-state index contributed by atoms with van der Waals surface area (Å²) >= 11 is 0. The van der Waals surface area contributed by atoms with Gasteiger partial charge < -0.3 is 8.85 Å². The fourth-order valence-corrected chi connectivity index (χ4v) is 6.64. The van der Waals surface area contributed by atoms with E-state index < -0.39 is 8.72 Å². The van der Waals surface area contributed by atoms with Crippen molar-refractivity contribution in [3.63, 3.8) is 0 Å². The highest BCUT2D eigenvalue weighted by Crippen LogP contribution is 2.38. The highest BCUT2D eigenvalue weighted by atomic mass is 28.4. The molecule has 2 aliphatic carbocycles. The third-order valence-corrected chi connectivity index (χ3v) is 7.94. The van der Waals surface area contributed by atoms with E-state index in [0.717, 1.165) is 0 Å². The first-order valence-electron chi connectivity index (χ1n) is 6.69. The van der Waals surface area contributed by atoms with Crippen LogP contribution < -0.4 is 4.98 Å². The van der Waals surface area contributed by atoms with Crippen molar-refractivity contribution in [2.24, 2.45) is 0 Å². The van der Waals surface area contributed by atoms with Crippen LogP contribution in [0.25, 0.3) is 0 Å². The number of rotatable bonds is 5. The Kier molecular flexibility index (Phi) is 4.41. The maximum atomic E-state index is 5.84. The van der Waals surface area contributed by atoms with Crippen LogP contribution >= 0.6 is 0 Å². The number of nitrogens with one attached hydrogen (secondary N) is 1. The van der Waals surface area contributed by atoms with Gasteiger partial charge in [-0.05, 0) is 25.7 Å². The molecule has 2 rings (SSSR count). The Morgan fingerprint density at radius 1 is 0.875 bits per heavy atom. The molecule has 3 nitrogen and oxygen atoms in total. The molecule has 0 aromatic carbocycles. The summed E-state index contributed by atoms with van der Waals surface area (Å²) in [6.45, 7) is 0. The minimum Gasteiger partial charge on any atom is -0.386 e. The molecule has 0 spiro atoms. The Balaban J connectivity index is 2.00. The van der Waals surface area contributed by atoms with E-state index in [-0.39, 0.29) is 0 Å². The molecule has 0 saturated heterocycles. The van der Waals surface area contributed by atoms with Crippen LogP contribution in [0.4, 0.5) is 0 Å². The maximum Gasteiger partial charge on any atom is 0.427 e. The first-order valence-corrected chi connectivity index (χ1v) is 8.58. The predicted octanol–water partition coefficient (Wildman–Crippen LogP) is 2.69. The first-order chi connectivity index (χ1) is 7.80. The van der Waals surface area contributed by atoms with E-state index in [0.29, 0.717) is 11.6 Å². The lowest BCUT2D eigenvalue weighted by molar-refractivity contribution is 0.207. The smallest absolute Gasteiger partial charge is 0.386 e. The van der Waals surface area contributed by atoms with Gasteiger partial charge in [0, 0.05) is 25.8 Å². The van der Waals surface area contributed by atoms with Gasteiger partial charge in [0.2, 0.25) is 0 Å². The average Bonchev–Trinajstić information content (AvgIpc) is 2.99. The number of hydrogen-bond donors (Lipinski definition) is 1. The summed E-state index contributed by atoms with van der Waals surface area (Å²) < 4.78 is 11.7. The van der Waals surface area contributed by atoms with Gasteiger partial charge in [-0.3, -0.25) is 4.98 Å². The lowest BCUT2D eigenvalue weighted by Gasteiger charge is -2.35. The van der Waals surface area contributed by atoms with Crippen LogP contribution in [0.2, 0.25) is 5.54 Å². The second kappa shape index (κ2) is 5.62. The molecule has 0 radical (unpaired) electrons. The standard InChI is InChI=1S/C12H25NO2Si/c1-14-16(15-2,12-9-5-6-10-12)13-11-7-3-4-8-11/h11-13H,3-10H2,1-2H3. The highest BCUT2D eigenvalue weighted by Gasteiger charge is 2.47. The van der Waals surface area contributed by atoms with Crippen molar-refractivity contribution < 1.29 is 8.85 Å². The van der Waals surface area contributed by atoms with Crippen LogP contribution in [0.3, 0.4) is 0 Å². The number of hydrogen-bond acceptors (Lipinski definition) is 3. The van der Waals surface area contributed by atoms with Gasteiger partial charge in [0.05, 0.1) is 0 Å².